The van der Waals surface area contributed by atoms with Crippen LogP contribution in [0.3, 0.4) is 0 Å². The summed E-state index contributed by atoms with van der Waals surface area (Å²) in [5, 5.41) is 0. The summed E-state index contributed by atoms with van der Waals surface area (Å²) in [5.41, 5.74) is 0. The Balaban J connectivity index is 0.000000468. The Bertz CT molecular complexity index is 1220. The summed E-state index contributed by atoms with van der Waals surface area (Å²) in [6.45, 7) is 38.8. The van der Waals surface area contributed by atoms with E-state index < -0.39 is 45.3 Å². The van der Waals surface area contributed by atoms with Crippen LogP contribution in [0.25, 0.3) is 0 Å². The van der Waals surface area contributed by atoms with E-state index in [1.54, 1.807) is 7.11 Å². The number of ether oxygens (including phenoxy) is 12. The number of carbonyl (C=O) groups is 2. The maximum Gasteiger partial charge on any atom is 0.508 e. The van der Waals surface area contributed by atoms with Crippen molar-refractivity contribution in [1.29, 1.82) is 0 Å². The molecular weight excluding hydrogens is 849 g/mol. The molecule has 0 saturated carbocycles. The van der Waals surface area contributed by atoms with Crippen molar-refractivity contribution in [3.8, 4) is 0 Å². The molecule has 0 bridgehead atoms. The van der Waals surface area contributed by atoms with Crippen LogP contribution < -0.4 is 0 Å². The molecule has 4 atom stereocenters. The van der Waals surface area contributed by atoms with Crippen LogP contribution in [0, 0.1) is 0 Å². The van der Waals surface area contributed by atoms with Crippen LogP contribution in [0.1, 0.15) is 25.7 Å². The zero-order chi connectivity index (χ0) is 45.2. The first-order valence-electron chi connectivity index (χ1n) is 21.1. The minimum atomic E-state index is -1.66. The Labute approximate surface area is 364 Å². The molecule has 0 spiro atoms. The minimum absolute atomic E-state index is 0.0102. The second kappa shape index (κ2) is 29.3. The van der Waals surface area contributed by atoms with E-state index in [1.807, 2.05) is 0 Å². The summed E-state index contributed by atoms with van der Waals surface area (Å²) < 4.78 is 73.5. The Morgan fingerprint density at radius 1 is 0.517 bits per heavy atom. The molecule has 4 heterocycles. The normalized spacial score (nSPS) is 21.3. The fraction of sp³-hybridized carbons (Fsp3) is 0.850. The largest absolute Gasteiger partial charge is 0.508 e. The summed E-state index contributed by atoms with van der Waals surface area (Å²) in [7, 11) is -3.66. The molecule has 4 fully saturated rings. The van der Waals surface area contributed by atoms with Gasteiger partial charge in [-0.15, -0.1) is 0 Å². The summed E-state index contributed by atoms with van der Waals surface area (Å²) in [5.74, 6) is 0.789. The lowest BCUT2D eigenvalue weighted by atomic mass is 10.3. The highest BCUT2D eigenvalue weighted by Gasteiger charge is 2.30. The second-order valence-corrected chi connectivity index (χ2v) is 38.0. The average molecular weight is 929 g/mol. The zero-order valence-electron chi connectivity index (χ0n) is 39.0. The Morgan fingerprint density at radius 3 is 1.25 bits per heavy atom. The molecule has 352 valence electrons. The van der Waals surface area contributed by atoms with Crippen LogP contribution in [-0.4, -0.2) is 156 Å². The van der Waals surface area contributed by atoms with E-state index in [1.165, 1.54) is 0 Å². The van der Waals surface area contributed by atoms with Crippen LogP contribution in [0.2, 0.25) is 84.1 Å². The summed E-state index contributed by atoms with van der Waals surface area (Å²) in [6.07, 6.45) is 2.21. The van der Waals surface area contributed by atoms with Gasteiger partial charge >= 0.3 is 12.3 Å². The molecule has 4 saturated heterocycles. The smallest absolute Gasteiger partial charge is 0.462 e. The van der Waals surface area contributed by atoms with Gasteiger partial charge < -0.3 is 65.4 Å². The average Bonchev–Trinajstić information content (AvgIpc) is 3.93. The molecule has 0 amide bonds. The highest BCUT2D eigenvalue weighted by Crippen LogP contribution is 2.21. The van der Waals surface area contributed by atoms with E-state index in [0.29, 0.717) is 71.4 Å². The molecular formula is C40H80O16Si4. The topological polar surface area (TPSA) is 163 Å². The first-order chi connectivity index (χ1) is 27.9. The highest BCUT2D eigenvalue weighted by molar-refractivity contribution is 6.84. The van der Waals surface area contributed by atoms with Crippen LogP contribution in [-0.2, 0) is 65.4 Å². The molecule has 4 rings (SSSR count). The van der Waals surface area contributed by atoms with Gasteiger partial charge in [0.1, 0.15) is 26.4 Å². The maximum atomic E-state index is 10.8. The molecule has 4 aliphatic rings. The molecule has 0 N–H and O–H groups in total. The molecule has 0 radical (unpaired) electrons. The fourth-order valence-corrected chi connectivity index (χ4v) is 15.4. The maximum absolute atomic E-state index is 10.8. The van der Waals surface area contributed by atoms with E-state index in [9.17, 15) is 9.59 Å². The van der Waals surface area contributed by atoms with Gasteiger partial charge in [0.05, 0.1) is 26.4 Å². The number of methoxy groups -OCH3 is 1. The summed E-state index contributed by atoms with van der Waals surface area (Å²) in [6, 6.07) is 2.21. The van der Waals surface area contributed by atoms with Crippen LogP contribution in [0.4, 0.5) is 9.59 Å². The molecule has 16 nitrogen and oxygen atoms in total. The Kier molecular flexibility index (Phi) is 27.2. The predicted octanol–water partition coefficient (Wildman–Crippen LogP) is 8.29. The van der Waals surface area contributed by atoms with Gasteiger partial charge in [-0.2, -0.15) is 0 Å². The number of hydrogen-bond acceptors (Lipinski definition) is 16. The third-order valence-corrected chi connectivity index (χ3v) is 16.7. The van der Waals surface area contributed by atoms with Crippen molar-refractivity contribution in [2.24, 2.45) is 0 Å². The minimum Gasteiger partial charge on any atom is -0.462 e. The predicted molar refractivity (Wildman–Crippen MR) is 239 cm³/mol. The molecule has 4 aliphatic heterocycles. The number of hydrogen-bond donors (Lipinski definition) is 0. The van der Waals surface area contributed by atoms with Gasteiger partial charge in [0.25, 0.3) is 11.9 Å². The quantitative estimate of drug-likeness (QED) is 0.0516. The Hall–Kier alpha value is -2.15. The number of cyclic esters (lactones) is 4. The van der Waals surface area contributed by atoms with E-state index in [2.05, 4.69) is 94.6 Å². The van der Waals surface area contributed by atoms with E-state index in [0.717, 1.165) is 51.0 Å². The van der Waals surface area contributed by atoms with Gasteiger partial charge in [0, 0.05) is 41.6 Å². The monoisotopic (exact) mass is 928 g/mol. The standard InChI is InChI=1S/C18H32O8Si.C13H28O4Si2.C5H8O4.C4H12Si/c1-15-22-13-16(25-15)11-21-8-6-10-27(2,3)24-9-5-4-7-20-12-17-14-23-18(19)26-17;1-12-15-11-13(16-12)10-14-8-7-9-19(5,6)17-18(2,3)4;1-7-2-4-3-8-5(6)9-4;1-5(2,3)4/h16-17H,1,4-14H2,2-3H3;13H,1,7-11H2,2-6H3;4H,2-3H2,1H3;1-4H3. The first kappa shape index (κ1) is 55.9. The number of rotatable bonds is 24. The SMILES string of the molecule is C=C1OCC(COCCC[Si](C)(C)OCCCCOCC2COC(=O)O2)O1.C=C1OCC(COCCC[Si](C)(C)O[Si](C)(C)C)O1.COCC1COC(=O)O1.C[Si](C)(C)C. The van der Waals surface area contributed by atoms with Crippen molar-refractivity contribution in [3.05, 3.63) is 25.0 Å². The van der Waals surface area contributed by atoms with Crippen LogP contribution in [0.15, 0.2) is 25.0 Å². The molecule has 0 aliphatic carbocycles. The van der Waals surface area contributed by atoms with Crippen molar-refractivity contribution in [3.63, 3.8) is 0 Å². The molecule has 0 aromatic carbocycles. The number of unbranched alkanes of at least 4 members (excludes halogenated alkanes) is 1. The van der Waals surface area contributed by atoms with Gasteiger partial charge in [-0.25, -0.2) is 9.59 Å². The lowest BCUT2D eigenvalue weighted by molar-refractivity contribution is 0.0413. The Morgan fingerprint density at radius 2 is 0.883 bits per heavy atom. The van der Waals surface area contributed by atoms with Crippen molar-refractivity contribution < 1.29 is 75.0 Å². The third-order valence-electron chi connectivity index (χ3n) is 7.91. The third kappa shape index (κ3) is 32.5. The van der Waals surface area contributed by atoms with E-state index >= 15 is 0 Å². The number of carbonyl (C=O) groups excluding carboxylic acids is 2. The van der Waals surface area contributed by atoms with Crippen molar-refractivity contribution >= 4 is 45.3 Å². The van der Waals surface area contributed by atoms with E-state index in [-0.39, 0.29) is 31.0 Å². The molecule has 0 aromatic heterocycles. The lowest BCUT2D eigenvalue weighted by Crippen LogP contribution is -2.42. The van der Waals surface area contributed by atoms with Gasteiger partial charge in [-0.1, -0.05) is 26.2 Å². The summed E-state index contributed by atoms with van der Waals surface area (Å²) in [4.78, 5) is 21.0. The second-order valence-electron chi connectivity index (χ2n) is 18.6. The van der Waals surface area contributed by atoms with Crippen molar-refractivity contribution in [1.82, 2.24) is 0 Å². The molecule has 20 heteroatoms. The van der Waals surface area contributed by atoms with Gasteiger partial charge in [-0.05, 0) is 96.8 Å². The zero-order valence-corrected chi connectivity index (χ0v) is 43.0. The van der Waals surface area contributed by atoms with Crippen molar-refractivity contribution in [2.75, 3.05) is 86.4 Å². The van der Waals surface area contributed by atoms with Gasteiger partial charge in [-0.3, -0.25) is 0 Å². The molecule has 0 aromatic rings. The lowest BCUT2D eigenvalue weighted by Gasteiger charge is -2.31. The highest BCUT2D eigenvalue weighted by atomic mass is 28.4. The van der Waals surface area contributed by atoms with Gasteiger partial charge in [0.2, 0.25) is 0 Å². The fourth-order valence-electron chi connectivity index (χ4n) is 5.58. The summed E-state index contributed by atoms with van der Waals surface area (Å²) >= 11 is 0. The molecule has 60 heavy (non-hydrogen) atoms. The van der Waals surface area contributed by atoms with Crippen molar-refractivity contribution in [2.45, 2.75) is 134 Å². The van der Waals surface area contributed by atoms with Crippen LogP contribution in [0.5, 0.6) is 0 Å². The van der Waals surface area contributed by atoms with E-state index in [4.69, 9.17) is 55.9 Å². The molecule has 4 unspecified atom stereocenters. The first-order valence-corrected chi connectivity index (χ1v) is 34.8. The van der Waals surface area contributed by atoms with Gasteiger partial charge in [0.15, 0.2) is 49.4 Å². The van der Waals surface area contributed by atoms with Crippen LogP contribution >= 0.6 is 0 Å².